The molecule has 11 nitrogen and oxygen atoms in total. The molecule has 1 aromatic heterocycles. The summed E-state index contributed by atoms with van der Waals surface area (Å²) in [6.45, 7) is 0.544. The van der Waals surface area contributed by atoms with E-state index < -0.39 is 36.2 Å². The molecule has 0 unspecified atom stereocenters. The lowest BCUT2D eigenvalue weighted by molar-refractivity contribution is -0.147. The number of carboxylic acid groups (broad SMARTS) is 1. The SMILES string of the molecule is COc1ccc2c(C(=O)C(=O)N(CC(=O)O)[C@@H](C(=O)Nc3cccc(NC(C)=O)c3)C3CCCCC3)c[nH]c2c1. The first-order chi connectivity index (χ1) is 19.2. The number of methoxy groups -OCH3 is 1. The molecule has 0 spiro atoms. The molecule has 0 radical (unpaired) electrons. The van der Waals surface area contributed by atoms with Crippen LogP contribution in [-0.4, -0.2) is 64.2 Å². The highest BCUT2D eigenvalue weighted by molar-refractivity contribution is 6.45. The Bertz CT molecular complexity index is 1440. The van der Waals surface area contributed by atoms with Gasteiger partial charge in [0.05, 0.1) is 12.7 Å². The fraction of sp³-hybridized carbons (Fsp3) is 0.345. The molecule has 1 fully saturated rings. The Labute approximate surface area is 230 Å². The number of carbonyl (C=O) groups excluding carboxylic acids is 4. The number of anilines is 2. The number of rotatable bonds is 10. The maximum absolute atomic E-state index is 13.7. The van der Waals surface area contributed by atoms with Crippen molar-refractivity contribution >= 4 is 51.8 Å². The zero-order chi connectivity index (χ0) is 28.8. The van der Waals surface area contributed by atoms with Gasteiger partial charge in [-0.05, 0) is 49.1 Å². The molecule has 0 aliphatic heterocycles. The molecule has 4 rings (SSSR count). The van der Waals surface area contributed by atoms with Crippen molar-refractivity contribution in [2.24, 2.45) is 5.92 Å². The maximum atomic E-state index is 13.7. The van der Waals surface area contributed by atoms with Crippen molar-refractivity contribution in [1.29, 1.82) is 0 Å². The summed E-state index contributed by atoms with van der Waals surface area (Å²) >= 11 is 0. The molecule has 2 aromatic carbocycles. The number of Topliss-reactive ketones (excluding diaryl/α,β-unsaturated/α-hetero) is 1. The van der Waals surface area contributed by atoms with Gasteiger partial charge >= 0.3 is 5.97 Å². The summed E-state index contributed by atoms with van der Waals surface area (Å²) in [5.41, 5.74) is 1.46. The van der Waals surface area contributed by atoms with Crippen molar-refractivity contribution in [2.45, 2.75) is 45.1 Å². The van der Waals surface area contributed by atoms with Gasteiger partial charge < -0.3 is 30.4 Å². The molecule has 3 aromatic rings. The summed E-state index contributed by atoms with van der Waals surface area (Å²) in [5, 5.41) is 15.6. The number of hydrogen-bond donors (Lipinski definition) is 4. The molecule has 0 saturated heterocycles. The summed E-state index contributed by atoms with van der Waals surface area (Å²) < 4.78 is 5.21. The van der Waals surface area contributed by atoms with Gasteiger partial charge in [0.2, 0.25) is 11.8 Å². The number of nitrogens with one attached hydrogen (secondary N) is 3. The van der Waals surface area contributed by atoms with Crippen LogP contribution in [0.15, 0.2) is 48.7 Å². The van der Waals surface area contributed by atoms with Crippen LogP contribution < -0.4 is 15.4 Å². The lowest BCUT2D eigenvalue weighted by atomic mass is 9.82. The first-order valence-electron chi connectivity index (χ1n) is 13.1. The van der Waals surface area contributed by atoms with Crippen LogP contribution in [0, 0.1) is 5.92 Å². The Balaban J connectivity index is 1.68. The van der Waals surface area contributed by atoms with Gasteiger partial charge in [-0.3, -0.25) is 24.0 Å². The quantitative estimate of drug-likeness (QED) is 0.221. The minimum absolute atomic E-state index is 0.0730. The number of ether oxygens (including phenoxy) is 1. The van der Waals surface area contributed by atoms with E-state index in [4.69, 9.17) is 4.74 Å². The number of ketones is 1. The van der Waals surface area contributed by atoms with E-state index in [1.54, 1.807) is 42.5 Å². The van der Waals surface area contributed by atoms with E-state index in [0.29, 0.717) is 40.9 Å². The third-order valence-corrected chi connectivity index (χ3v) is 7.05. The van der Waals surface area contributed by atoms with Crippen LogP contribution in [0.2, 0.25) is 0 Å². The minimum atomic E-state index is -1.34. The number of aromatic amines is 1. The predicted molar refractivity (Wildman–Crippen MR) is 148 cm³/mol. The molecular formula is C29H32N4O7. The number of aromatic nitrogens is 1. The molecule has 4 N–H and O–H groups in total. The van der Waals surface area contributed by atoms with E-state index in [0.717, 1.165) is 24.2 Å². The van der Waals surface area contributed by atoms with Crippen molar-refractivity contribution in [3.63, 3.8) is 0 Å². The third kappa shape index (κ3) is 6.48. The Hall–Kier alpha value is -4.67. The highest BCUT2D eigenvalue weighted by Gasteiger charge is 2.40. The van der Waals surface area contributed by atoms with Crippen molar-refractivity contribution < 1.29 is 33.8 Å². The van der Waals surface area contributed by atoms with Gasteiger partial charge in [-0.1, -0.05) is 25.3 Å². The van der Waals surface area contributed by atoms with Gasteiger partial charge in [0.1, 0.15) is 18.3 Å². The topological polar surface area (TPSA) is 158 Å². The molecule has 210 valence electrons. The minimum Gasteiger partial charge on any atom is -0.497 e. The zero-order valence-corrected chi connectivity index (χ0v) is 22.4. The van der Waals surface area contributed by atoms with Gasteiger partial charge in [-0.2, -0.15) is 0 Å². The number of hydrogen-bond acceptors (Lipinski definition) is 6. The number of aliphatic carboxylic acids is 1. The van der Waals surface area contributed by atoms with Crippen molar-refractivity contribution in [1.82, 2.24) is 9.88 Å². The fourth-order valence-electron chi connectivity index (χ4n) is 5.26. The van der Waals surface area contributed by atoms with Crippen LogP contribution in [0.25, 0.3) is 10.9 Å². The molecule has 40 heavy (non-hydrogen) atoms. The number of benzene rings is 2. The van der Waals surface area contributed by atoms with Crippen molar-refractivity contribution in [3.05, 3.63) is 54.2 Å². The molecule has 1 atom stereocenters. The number of fused-ring (bicyclic) bond motifs is 1. The second-order valence-corrected chi connectivity index (χ2v) is 9.86. The van der Waals surface area contributed by atoms with E-state index in [1.807, 2.05) is 0 Å². The lowest BCUT2D eigenvalue weighted by Crippen LogP contribution is -2.55. The van der Waals surface area contributed by atoms with Gasteiger partial charge in [-0.15, -0.1) is 0 Å². The van der Waals surface area contributed by atoms with Gasteiger partial charge in [0.25, 0.3) is 11.7 Å². The van der Waals surface area contributed by atoms with E-state index in [1.165, 1.54) is 20.2 Å². The number of nitrogens with zero attached hydrogens (tertiary/aromatic N) is 1. The number of carboxylic acids is 1. The summed E-state index contributed by atoms with van der Waals surface area (Å²) in [6.07, 6.45) is 5.21. The van der Waals surface area contributed by atoms with Crippen molar-refractivity contribution in [3.8, 4) is 5.75 Å². The average molecular weight is 549 g/mol. The highest BCUT2D eigenvalue weighted by atomic mass is 16.5. The normalized spacial score (nSPS) is 14.2. The molecular weight excluding hydrogens is 516 g/mol. The van der Waals surface area contributed by atoms with Crippen LogP contribution in [0.3, 0.4) is 0 Å². The fourth-order valence-corrected chi connectivity index (χ4v) is 5.26. The van der Waals surface area contributed by atoms with E-state index in [9.17, 15) is 29.1 Å². The lowest BCUT2D eigenvalue weighted by Gasteiger charge is -2.36. The highest BCUT2D eigenvalue weighted by Crippen LogP contribution is 2.31. The third-order valence-electron chi connectivity index (χ3n) is 7.05. The summed E-state index contributed by atoms with van der Waals surface area (Å²) in [6, 6.07) is 10.3. The second-order valence-electron chi connectivity index (χ2n) is 9.86. The first-order valence-corrected chi connectivity index (χ1v) is 13.1. The number of amides is 3. The van der Waals surface area contributed by atoms with Gasteiger partial charge in [-0.25, -0.2) is 0 Å². The maximum Gasteiger partial charge on any atom is 0.323 e. The first kappa shape index (κ1) is 28.3. The summed E-state index contributed by atoms with van der Waals surface area (Å²) in [4.78, 5) is 68.2. The molecule has 1 aliphatic rings. The molecule has 1 aliphatic carbocycles. The van der Waals surface area contributed by atoms with Crippen molar-refractivity contribution in [2.75, 3.05) is 24.3 Å². The molecule has 1 heterocycles. The Morgan fingerprint density at radius 1 is 1.02 bits per heavy atom. The average Bonchev–Trinajstić information content (AvgIpc) is 3.35. The van der Waals surface area contributed by atoms with E-state index in [2.05, 4.69) is 15.6 Å². The van der Waals surface area contributed by atoms with E-state index in [-0.39, 0.29) is 17.4 Å². The number of carbonyl (C=O) groups is 5. The number of H-pyrrole nitrogens is 1. The van der Waals surface area contributed by atoms with Crippen LogP contribution >= 0.6 is 0 Å². The van der Waals surface area contributed by atoms with Gasteiger partial charge in [0, 0.05) is 41.5 Å². The molecule has 11 heteroatoms. The largest absolute Gasteiger partial charge is 0.497 e. The standard InChI is InChI=1S/C29H32N4O7/c1-17(34)31-19-9-6-10-20(13-19)32-28(38)26(18-7-4-3-5-8-18)33(16-25(35)36)29(39)27(37)23-15-30-24-14-21(40-2)11-12-22(23)24/h6,9-15,18,26,30H,3-5,7-8,16H2,1-2H3,(H,31,34)(H,32,38)(H,35,36)/t26-/m1/s1. The molecule has 1 saturated carbocycles. The van der Waals surface area contributed by atoms with Crippen LogP contribution in [0.4, 0.5) is 11.4 Å². The smallest absolute Gasteiger partial charge is 0.323 e. The Morgan fingerprint density at radius 3 is 2.38 bits per heavy atom. The predicted octanol–water partition coefficient (Wildman–Crippen LogP) is 3.82. The van der Waals surface area contributed by atoms with Crippen LogP contribution in [0.5, 0.6) is 5.75 Å². The second kappa shape index (κ2) is 12.5. The molecule has 0 bridgehead atoms. The zero-order valence-electron chi connectivity index (χ0n) is 22.4. The van der Waals surface area contributed by atoms with Crippen LogP contribution in [-0.2, 0) is 19.2 Å². The van der Waals surface area contributed by atoms with Crippen LogP contribution in [0.1, 0.15) is 49.4 Å². The molecule has 3 amide bonds. The summed E-state index contributed by atoms with van der Waals surface area (Å²) in [7, 11) is 1.51. The summed E-state index contributed by atoms with van der Waals surface area (Å²) in [5.74, 6) is -3.99. The Kier molecular flexibility index (Phi) is 8.83. The van der Waals surface area contributed by atoms with Gasteiger partial charge in [0.15, 0.2) is 0 Å². The van der Waals surface area contributed by atoms with E-state index >= 15 is 0 Å². The Morgan fingerprint density at radius 2 is 1.73 bits per heavy atom. The monoisotopic (exact) mass is 548 g/mol.